The van der Waals surface area contributed by atoms with Crippen molar-refractivity contribution in [2.45, 2.75) is 44.3 Å². The lowest BCUT2D eigenvalue weighted by Crippen LogP contribution is -2.37. The number of carboxylic acid groups (broad SMARTS) is 1. The average Bonchev–Trinajstić information content (AvgIpc) is 3.49. The van der Waals surface area contributed by atoms with E-state index in [2.05, 4.69) is 15.0 Å². The standard InChI is InChI=1S/C26H22Cl2FN3O4S/c27-17-2-1-3-18(28)21(17)22-16(24(36-31-22)13-4-5-13)12-35-15-6-8-32(9-7-15)26-30-23-19(29)10-14(25(33)34)11-20(23)37-26/h1-3,10-11,13,15H,4-9,12H2,(H,33,34). The number of carboxylic acids is 1. The second-order valence-electron chi connectivity index (χ2n) is 9.35. The van der Waals surface area contributed by atoms with Gasteiger partial charge >= 0.3 is 5.97 Å². The molecule has 1 saturated carbocycles. The van der Waals surface area contributed by atoms with E-state index >= 15 is 0 Å². The van der Waals surface area contributed by atoms with Gasteiger partial charge in [0.15, 0.2) is 10.9 Å². The first-order chi connectivity index (χ1) is 17.9. The molecule has 0 amide bonds. The van der Waals surface area contributed by atoms with Crippen molar-refractivity contribution in [2.24, 2.45) is 0 Å². The van der Waals surface area contributed by atoms with Crippen LogP contribution in [0.25, 0.3) is 21.5 Å². The van der Waals surface area contributed by atoms with Crippen LogP contribution in [0.3, 0.4) is 0 Å². The smallest absolute Gasteiger partial charge is 0.335 e. The molecule has 1 N–H and O–H groups in total. The maximum absolute atomic E-state index is 14.4. The fourth-order valence-electron chi connectivity index (χ4n) is 4.70. The van der Waals surface area contributed by atoms with E-state index in [1.165, 1.54) is 17.4 Å². The Labute approximate surface area is 225 Å². The quantitative estimate of drug-likeness (QED) is 0.256. The molecule has 2 aliphatic rings. The van der Waals surface area contributed by atoms with Crippen molar-refractivity contribution in [3.63, 3.8) is 0 Å². The highest BCUT2D eigenvalue weighted by Crippen LogP contribution is 2.46. The summed E-state index contributed by atoms with van der Waals surface area (Å²) in [6, 6.07) is 7.84. The lowest BCUT2D eigenvalue weighted by molar-refractivity contribution is 0.0246. The molecule has 2 aromatic carbocycles. The minimum absolute atomic E-state index is 0.0255. The van der Waals surface area contributed by atoms with E-state index in [1.807, 2.05) is 0 Å². The van der Waals surface area contributed by atoms with Crippen molar-refractivity contribution in [3.05, 3.63) is 63.1 Å². The summed E-state index contributed by atoms with van der Waals surface area (Å²) in [6.07, 6.45) is 3.69. The Hall–Kier alpha value is -2.72. The van der Waals surface area contributed by atoms with E-state index in [0.717, 1.165) is 43.1 Å². The Morgan fingerprint density at radius 1 is 1.19 bits per heavy atom. The number of hydrogen-bond acceptors (Lipinski definition) is 7. The van der Waals surface area contributed by atoms with Crippen LogP contribution in [0.1, 0.15) is 53.3 Å². The number of aromatic carboxylic acids is 1. The molecule has 1 saturated heterocycles. The summed E-state index contributed by atoms with van der Waals surface area (Å²) in [5.74, 6) is -0.582. The fraction of sp³-hybridized carbons (Fsp3) is 0.346. The van der Waals surface area contributed by atoms with Gasteiger partial charge in [0.2, 0.25) is 0 Å². The number of ether oxygens (including phenoxy) is 1. The molecule has 0 spiro atoms. The number of piperidine rings is 1. The molecule has 0 radical (unpaired) electrons. The summed E-state index contributed by atoms with van der Waals surface area (Å²) in [5, 5.41) is 15.2. The zero-order chi connectivity index (χ0) is 25.7. The maximum atomic E-state index is 14.4. The number of fused-ring (bicyclic) bond motifs is 1. The largest absolute Gasteiger partial charge is 0.478 e. The Morgan fingerprint density at radius 2 is 1.92 bits per heavy atom. The third-order valence-electron chi connectivity index (χ3n) is 6.83. The van der Waals surface area contributed by atoms with Crippen LogP contribution in [-0.4, -0.2) is 40.4 Å². The molecule has 3 heterocycles. The molecule has 6 rings (SSSR count). The lowest BCUT2D eigenvalue weighted by atomic mass is 10.0. The van der Waals surface area contributed by atoms with Crippen LogP contribution in [0.4, 0.5) is 9.52 Å². The van der Waals surface area contributed by atoms with Gasteiger partial charge in [-0.15, -0.1) is 0 Å². The van der Waals surface area contributed by atoms with E-state index in [9.17, 15) is 14.3 Å². The molecule has 2 aromatic heterocycles. The Bertz CT molecular complexity index is 1470. The van der Waals surface area contributed by atoms with Gasteiger partial charge in [0.1, 0.15) is 17.0 Å². The van der Waals surface area contributed by atoms with E-state index in [0.29, 0.717) is 56.7 Å². The van der Waals surface area contributed by atoms with Crippen molar-refractivity contribution in [1.29, 1.82) is 0 Å². The topological polar surface area (TPSA) is 88.7 Å². The molecule has 2 fully saturated rings. The van der Waals surface area contributed by atoms with E-state index in [1.54, 1.807) is 18.2 Å². The fourth-order valence-corrected chi connectivity index (χ4v) is 6.35. The second-order valence-corrected chi connectivity index (χ2v) is 11.2. The predicted octanol–water partition coefficient (Wildman–Crippen LogP) is 7.16. The van der Waals surface area contributed by atoms with Gasteiger partial charge in [0, 0.05) is 30.1 Å². The molecule has 1 aliphatic heterocycles. The molecule has 192 valence electrons. The van der Waals surface area contributed by atoms with Crippen LogP contribution < -0.4 is 4.90 Å². The predicted molar refractivity (Wildman–Crippen MR) is 140 cm³/mol. The van der Waals surface area contributed by atoms with Gasteiger partial charge in [-0.1, -0.05) is 45.8 Å². The number of rotatable bonds is 7. The van der Waals surface area contributed by atoms with Gasteiger partial charge in [0.05, 0.1) is 33.0 Å². The Balaban J connectivity index is 1.15. The monoisotopic (exact) mass is 561 g/mol. The highest BCUT2D eigenvalue weighted by Gasteiger charge is 2.34. The summed E-state index contributed by atoms with van der Waals surface area (Å²) in [6.45, 7) is 1.74. The number of hydrogen-bond donors (Lipinski definition) is 1. The zero-order valence-corrected chi connectivity index (χ0v) is 21.9. The minimum atomic E-state index is -1.16. The minimum Gasteiger partial charge on any atom is -0.478 e. The Morgan fingerprint density at radius 3 is 2.59 bits per heavy atom. The second kappa shape index (κ2) is 9.87. The van der Waals surface area contributed by atoms with Crippen molar-refractivity contribution < 1.29 is 23.6 Å². The number of anilines is 1. The van der Waals surface area contributed by atoms with Gasteiger partial charge in [-0.25, -0.2) is 14.2 Å². The SMILES string of the molecule is O=C(O)c1cc(F)c2nc(N3CCC(OCc4c(-c5c(Cl)cccc5Cl)noc4C4CC4)CC3)sc2c1. The zero-order valence-electron chi connectivity index (χ0n) is 19.5. The first-order valence-electron chi connectivity index (χ1n) is 12.0. The molecule has 1 aliphatic carbocycles. The van der Waals surface area contributed by atoms with E-state index in [-0.39, 0.29) is 17.2 Å². The first kappa shape index (κ1) is 24.6. The van der Waals surface area contributed by atoms with Gasteiger partial charge in [-0.3, -0.25) is 0 Å². The molecule has 11 heteroatoms. The molecule has 4 aromatic rings. The van der Waals surface area contributed by atoms with Crippen LogP contribution in [0.5, 0.6) is 0 Å². The highest BCUT2D eigenvalue weighted by atomic mass is 35.5. The molecule has 37 heavy (non-hydrogen) atoms. The average molecular weight is 562 g/mol. The highest BCUT2D eigenvalue weighted by molar-refractivity contribution is 7.22. The Kier molecular flexibility index (Phi) is 6.56. The summed E-state index contributed by atoms with van der Waals surface area (Å²) in [7, 11) is 0. The molecule has 0 bridgehead atoms. The van der Waals surface area contributed by atoms with E-state index < -0.39 is 11.8 Å². The molecule has 0 atom stereocenters. The third-order valence-corrected chi connectivity index (χ3v) is 8.52. The first-order valence-corrected chi connectivity index (χ1v) is 13.6. The molecule has 0 unspecified atom stereocenters. The van der Waals surface area contributed by atoms with Crippen LogP contribution in [0.2, 0.25) is 10.0 Å². The summed E-state index contributed by atoms with van der Waals surface area (Å²) in [5.41, 5.74) is 2.31. The number of carbonyl (C=O) groups is 1. The van der Waals surface area contributed by atoms with Gasteiger partial charge < -0.3 is 19.3 Å². The number of benzene rings is 2. The van der Waals surface area contributed by atoms with Gasteiger partial charge in [0.25, 0.3) is 0 Å². The summed E-state index contributed by atoms with van der Waals surface area (Å²) < 4.78 is 27.0. The normalized spacial score (nSPS) is 16.6. The number of halogens is 3. The molecule has 7 nitrogen and oxygen atoms in total. The van der Waals surface area contributed by atoms with Crippen LogP contribution in [0, 0.1) is 5.82 Å². The van der Waals surface area contributed by atoms with Crippen molar-refractivity contribution in [2.75, 3.05) is 18.0 Å². The van der Waals surface area contributed by atoms with Gasteiger partial charge in [-0.05, 0) is 49.9 Å². The van der Waals surface area contributed by atoms with Gasteiger partial charge in [-0.2, -0.15) is 0 Å². The molecular formula is C26H22Cl2FN3O4S. The molecular weight excluding hydrogens is 540 g/mol. The van der Waals surface area contributed by atoms with Crippen LogP contribution in [-0.2, 0) is 11.3 Å². The van der Waals surface area contributed by atoms with E-state index in [4.69, 9.17) is 32.5 Å². The summed E-state index contributed by atoms with van der Waals surface area (Å²) >= 11 is 14.2. The maximum Gasteiger partial charge on any atom is 0.335 e. The number of thiazole rings is 1. The van der Waals surface area contributed by atoms with Crippen LogP contribution >= 0.6 is 34.5 Å². The third kappa shape index (κ3) is 4.81. The summed E-state index contributed by atoms with van der Waals surface area (Å²) in [4.78, 5) is 17.8. The number of aromatic nitrogens is 2. The number of nitrogens with zero attached hydrogens (tertiary/aromatic N) is 3. The van der Waals surface area contributed by atoms with Crippen LogP contribution in [0.15, 0.2) is 34.9 Å². The van der Waals surface area contributed by atoms with Crippen molar-refractivity contribution in [1.82, 2.24) is 10.1 Å². The van der Waals surface area contributed by atoms with Crippen molar-refractivity contribution >= 4 is 55.9 Å². The lowest BCUT2D eigenvalue weighted by Gasteiger charge is -2.31. The van der Waals surface area contributed by atoms with Crippen molar-refractivity contribution in [3.8, 4) is 11.3 Å².